The number of halogens is 1. The van der Waals surface area contributed by atoms with E-state index < -0.39 is 0 Å². The molecule has 3 rings (SSSR count). The Morgan fingerprint density at radius 1 is 1.13 bits per heavy atom. The minimum absolute atomic E-state index is 0.112. The van der Waals surface area contributed by atoms with Crippen LogP contribution in [0, 0.1) is 5.82 Å². The van der Waals surface area contributed by atoms with Crippen molar-refractivity contribution in [2.75, 3.05) is 0 Å². The van der Waals surface area contributed by atoms with E-state index >= 15 is 0 Å². The summed E-state index contributed by atoms with van der Waals surface area (Å²) in [5.41, 5.74) is 2.93. The molecule has 0 unspecified atom stereocenters. The average molecular weight is 328 g/mol. The summed E-state index contributed by atoms with van der Waals surface area (Å²) in [5.74, 6) is -0.715. The third-order valence-corrected chi connectivity index (χ3v) is 4.23. The second-order valence-electron chi connectivity index (χ2n) is 5.58. The fourth-order valence-electron chi connectivity index (χ4n) is 2.87. The normalized spacial score (nSPS) is 16.3. The SMILES string of the molecule is O=C(NC(=S)N[C@H]1CCCc2ccccc21)c1ccc(F)cc1. The first-order valence-electron chi connectivity index (χ1n) is 7.59. The highest BCUT2D eigenvalue weighted by atomic mass is 32.1. The third kappa shape index (κ3) is 3.74. The lowest BCUT2D eigenvalue weighted by molar-refractivity contribution is 0.0976. The lowest BCUT2D eigenvalue weighted by Crippen LogP contribution is -2.41. The molecule has 0 saturated carbocycles. The molecule has 0 spiro atoms. The van der Waals surface area contributed by atoms with E-state index in [0.717, 1.165) is 19.3 Å². The van der Waals surface area contributed by atoms with E-state index in [2.05, 4.69) is 22.8 Å². The van der Waals surface area contributed by atoms with Crippen LogP contribution in [0.4, 0.5) is 4.39 Å². The van der Waals surface area contributed by atoms with Gasteiger partial charge in [0.2, 0.25) is 0 Å². The van der Waals surface area contributed by atoms with Gasteiger partial charge in [0.05, 0.1) is 6.04 Å². The predicted molar refractivity (Wildman–Crippen MR) is 91.7 cm³/mol. The number of hydrogen-bond acceptors (Lipinski definition) is 2. The molecule has 0 radical (unpaired) electrons. The topological polar surface area (TPSA) is 41.1 Å². The smallest absolute Gasteiger partial charge is 0.257 e. The maximum atomic E-state index is 12.9. The Balaban J connectivity index is 1.64. The van der Waals surface area contributed by atoms with E-state index in [1.807, 2.05) is 12.1 Å². The maximum Gasteiger partial charge on any atom is 0.257 e. The first-order valence-corrected chi connectivity index (χ1v) is 7.99. The van der Waals surface area contributed by atoms with Gasteiger partial charge in [0.1, 0.15) is 5.82 Å². The van der Waals surface area contributed by atoms with Crippen molar-refractivity contribution < 1.29 is 9.18 Å². The van der Waals surface area contributed by atoms with Crippen molar-refractivity contribution in [1.29, 1.82) is 0 Å². The lowest BCUT2D eigenvalue weighted by atomic mass is 9.88. The molecule has 23 heavy (non-hydrogen) atoms. The molecular weight excluding hydrogens is 311 g/mol. The molecule has 118 valence electrons. The number of hydrogen-bond donors (Lipinski definition) is 2. The number of rotatable bonds is 2. The van der Waals surface area contributed by atoms with E-state index in [9.17, 15) is 9.18 Å². The number of carbonyl (C=O) groups is 1. The minimum Gasteiger partial charge on any atom is -0.356 e. The molecule has 0 heterocycles. The molecule has 5 heteroatoms. The summed E-state index contributed by atoms with van der Waals surface area (Å²) in [6, 6.07) is 13.8. The largest absolute Gasteiger partial charge is 0.356 e. The van der Waals surface area contributed by atoms with Gasteiger partial charge in [-0.15, -0.1) is 0 Å². The van der Waals surface area contributed by atoms with Crippen LogP contribution in [0.15, 0.2) is 48.5 Å². The Kier molecular flexibility index (Phi) is 4.67. The molecule has 3 nitrogen and oxygen atoms in total. The Hall–Kier alpha value is -2.27. The summed E-state index contributed by atoms with van der Waals surface area (Å²) >= 11 is 5.25. The first kappa shape index (κ1) is 15.6. The Labute approximate surface area is 139 Å². The van der Waals surface area contributed by atoms with Gasteiger partial charge < -0.3 is 5.32 Å². The Morgan fingerprint density at radius 2 is 1.87 bits per heavy atom. The van der Waals surface area contributed by atoms with E-state index in [-0.39, 0.29) is 17.8 Å². The number of carbonyl (C=O) groups excluding carboxylic acids is 1. The third-order valence-electron chi connectivity index (χ3n) is 4.01. The molecule has 2 N–H and O–H groups in total. The van der Waals surface area contributed by atoms with Crippen LogP contribution in [0.5, 0.6) is 0 Å². The molecule has 2 aromatic carbocycles. The van der Waals surface area contributed by atoms with Crippen LogP contribution in [0.3, 0.4) is 0 Å². The van der Waals surface area contributed by atoms with Crippen LogP contribution in [0.1, 0.15) is 40.4 Å². The monoisotopic (exact) mass is 328 g/mol. The highest BCUT2D eigenvalue weighted by Crippen LogP contribution is 2.29. The van der Waals surface area contributed by atoms with Gasteiger partial charge >= 0.3 is 0 Å². The van der Waals surface area contributed by atoms with Crippen LogP contribution < -0.4 is 10.6 Å². The highest BCUT2D eigenvalue weighted by molar-refractivity contribution is 7.80. The molecule has 1 atom stereocenters. The highest BCUT2D eigenvalue weighted by Gasteiger charge is 2.20. The molecule has 0 saturated heterocycles. The number of aryl methyl sites for hydroxylation is 1. The average Bonchev–Trinajstić information content (AvgIpc) is 2.55. The first-order chi connectivity index (χ1) is 11.1. The van der Waals surface area contributed by atoms with Gasteiger partial charge in [-0.1, -0.05) is 24.3 Å². The van der Waals surface area contributed by atoms with Crippen LogP contribution in [-0.4, -0.2) is 11.0 Å². The summed E-state index contributed by atoms with van der Waals surface area (Å²) in [5, 5.41) is 6.16. The summed E-state index contributed by atoms with van der Waals surface area (Å²) in [6.07, 6.45) is 3.13. The van der Waals surface area contributed by atoms with E-state index in [0.29, 0.717) is 10.7 Å². The molecule has 1 aliphatic carbocycles. The van der Waals surface area contributed by atoms with Crippen molar-refractivity contribution in [3.05, 3.63) is 71.0 Å². The van der Waals surface area contributed by atoms with Crippen LogP contribution in [-0.2, 0) is 6.42 Å². The molecule has 2 aromatic rings. The number of fused-ring (bicyclic) bond motifs is 1. The zero-order valence-corrected chi connectivity index (χ0v) is 13.3. The van der Waals surface area contributed by atoms with Crippen molar-refractivity contribution in [3.63, 3.8) is 0 Å². The predicted octanol–water partition coefficient (Wildman–Crippen LogP) is 3.51. The second-order valence-corrected chi connectivity index (χ2v) is 5.99. The summed E-state index contributed by atoms with van der Waals surface area (Å²) in [4.78, 5) is 12.1. The molecule has 0 bridgehead atoms. The Morgan fingerprint density at radius 3 is 2.65 bits per heavy atom. The van der Waals surface area contributed by atoms with Gasteiger partial charge in [-0.2, -0.15) is 0 Å². The zero-order valence-electron chi connectivity index (χ0n) is 12.5. The molecule has 0 fully saturated rings. The van der Waals surface area contributed by atoms with E-state index in [4.69, 9.17) is 12.2 Å². The fourth-order valence-corrected chi connectivity index (χ4v) is 3.11. The van der Waals surface area contributed by atoms with Crippen molar-refractivity contribution in [2.24, 2.45) is 0 Å². The molecule has 0 aliphatic heterocycles. The van der Waals surface area contributed by atoms with E-state index in [1.165, 1.54) is 35.4 Å². The number of amides is 1. The second kappa shape index (κ2) is 6.87. The summed E-state index contributed by atoms with van der Waals surface area (Å²) < 4.78 is 12.9. The minimum atomic E-state index is -0.374. The van der Waals surface area contributed by atoms with Gasteiger partial charge in [-0.3, -0.25) is 10.1 Å². The molecular formula is C18H17FN2OS. The van der Waals surface area contributed by atoms with E-state index in [1.54, 1.807) is 0 Å². The van der Waals surface area contributed by atoms with Crippen molar-refractivity contribution in [2.45, 2.75) is 25.3 Å². The summed E-state index contributed by atoms with van der Waals surface area (Å²) in [7, 11) is 0. The van der Waals surface area contributed by atoms with Gasteiger partial charge in [0.25, 0.3) is 5.91 Å². The van der Waals surface area contributed by atoms with Crippen LogP contribution in [0.2, 0.25) is 0 Å². The number of thiocarbonyl (C=S) groups is 1. The standard InChI is InChI=1S/C18H17FN2OS/c19-14-10-8-13(9-11-14)17(22)21-18(23)20-16-7-3-5-12-4-1-2-6-15(12)16/h1-2,4,6,8-11,16H,3,5,7H2,(H2,20,21,22,23)/t16-/m0/s1. The van der Waals surface area contributed by atoms with Gasteiger partial charge in [0, 0.05) is 5.56 Å². The zero-order chi connectivity index (χ0) is 16.2. The Bertz CT molecular complexity index is 730. The summed E-state index contributed by atoms with van der Waals surface area (Å²) in [6.45, 7) is 0. The quantitative estimate of drug-likeness (QED) is 0.829. The molecule has 1 amide bonds. The van der Waals surface area contributed by atoms with Crippen molar-refractivity contribution in [1.82, 2.24) is 10.6 Å². The molecule has 0 aromatic heterocycles. The number of nitrogens with one attached hydrogen (secondary N) is 2. The van der Waals surface area contributed by atoms with Gasteiger partial charge in [-0.25, -0.2) is 4.39 Å². The number of benzene rings is 2. The van der Waals surface area contributed by atoms with Crippen LogP contribution in [0.25, 0.3) is 0 Å². The van der Waals surface area contributed by atoms with Gasteiger partial charge in [0.15, 0.2) is 5.11 Å². The van der Waals surface area contributed by atoms with Gasteiger partial charge in [-0.05, 0) is 66.9 Å². The van der Waals surface area contributed by atoms with Crippen molar-refractivity contribution in [3.8, 4) is 0 Å². The molecule has 1 aliphatic rings. The maximum absolute atomic E-state index is 12.9. The van der Waals surface area contributed by atoms with Crippen LogP contribution >= 0.6 is 12.2 Å². The van der Waals surface area contributed by atoms with Crippen molar-refractivity contribution >= 4 is 23.2 Å². The lowest BCUT2D eigenvalue weighted by Gasteiger charge is -2.27. The fraction of sp³-hybridized carbons (Fsp3) is 0.222.